The fourth-order valence-corrected chi connectivity index (χ4v) is 5.13. The van der Waals surface area contributed by atoms with Crippen molar-refractivity contribution in [1.82, 2.24) is 15.5 Å². The SMILES string of the molecule is Cc1cccc(C(=O)Nc2nnc(S(=O)(=O)Nc3ccccc3C(=O)NCc3ccccc3)s2)c1. The Morgan fingerprint density at radius 2 is 1.63 bits per heavy atom. The van der Waals surface area contributed by atoms with Crippen LogP contribution in [0.1, 0.15) is 31.8 Å². The first-order valence-corrected chi connectivity index (χ1v) is 12.8. The number of benzene rings is 3. The van der Waals surface area contributed by atoms with E-state index in [-0.39, 0.29) is 20.7 Å². The van der Waals surface area contributed by atoms with Crippen molar-refractivity contribution < 1.29 is 18.0 Å². The van der Waals surface area contributed by atoms with E-state index in [1.807, 2.05) is 43.3 Å². The fourth-order valence-electron chi connectivity index (χ4n) is 3.16. The molecule has 0 aliphatic carbocycles. The highest BCUT2D eigenvalue weighted by atomic mass is 32.2. The van der Waals surface area contributed by atoms with Gasteiger partial charge in [0.25, 0.3) is 26.2 Å². The molecule has 4 aromatic rings. The number of amides is 2. The first kappa shape index (κ1) is 24.0. The molecule has 35 heavy (non-hydrogen) atoms. The quantitative estimate of drug-likeness (QED) is 0.311. The predicted octanol–water partition coefficient (Wildman–Crippen LogP) is 3.83. The highest BCUT2D eigenvalue weighted by Gasteiger charge is 2.23. The first-order valence-electron chi connectivity index (χ1n) is 10.5. The highest BCUT2D eigenvalue weighted by molar-refractivity contribution is 7.94. The van der Waals surface area contributed by atoms with E-state index in [0.29, 0.717) is 23.4 Å². The second-order valence-electron chi connectivity index (χ2n) is 7.52. The Kier molecular flexibility index (Phi) is 7.18. The van der Waals surface area contributed by atoms with Crippen LogP contribution in [0.2, 0.25) is 0 Å². The molecular weight excluding hydrogens is 486 g/mol. The summed E-state index contributed by atoms with van der Waals surface area (Å²) < 4.78 is 27.9. The average molecular weight is 508 g/mol. The molecule has 0 unspecified atom stereocenters. The van der Waals surface area contributed by atoms with Crippen molar-refractivity contribution in [3.63, 3.8) is 0 Å². The van der Waals surface area contributed by atoms with E-state index in [0.717, 1.165) is 11.1 Å². The molecule has 11 heteroatoms. The second-order valence-corrected chi connectivity index (χ2v) is 10.3. The Hall–Kier alpha value is -4.09. The molecular formula is C24H21N5O4S2. The van der Waals surface area contributed by atoms with Gasteiger partial charge in [-0.1, -0.05) is 71.5 Å². The largest absolute Gasteiger partial charge is 0.348 e. The van der Waals surface area contributed by atoms with E-state index in [4.69, 9.17) is 0 Å². The minimum atomic E-state index is -4.16. The number of hydrogen-bond acceptors (Lipinski definition) is 7. The molecule has 0 spiro atoms. The maximum Gasteiger partial charge on any atom is 0.291 e. The summed E-state index contributed by atoms with van der Waals surface area (Å²) >= 11 is 0.703. The Morgan fingerprint density at radius 1 is 0.886 bits per heavy atom. The fraction of sp³-hybridized carbons (Fsp3) is 0.0833. The lowest BCUT2D eigenvalue weighted by Crippen LogP contribution is -2.25. The third kappa shape index (κ3) is 6.08. The van der Waals surface area contributed by atoms with Crippen LogP contribution in [0.4, 0.5) is 10.8 Å². The van der Waals surface area contributed by atoms with Crippen LogP contribution in [-0.4, -0.2) is 30.4 Å². The van der Waals surface area contributed by atoms with Crippen LogP contribution < -0.4 is 15.4 Å². The average Bonchev–Trinajstić information content (AvgIpc) is 3.33. The van der Waals surface area contributed by atoms with Crippen molar-refractivity contribution in [3.05, 3.63) is 101 Å². The van der Waals surface area contributed by atoms with Crippen LogP contribution in [0.3, 0.4) is 0 Å². The van der Waals surface area contributed by atoms with Crippen molar-refractivity contribution in [2.75, 3.05) is 10.0 Å². The Balaban J connectivity index is 1.46. The van der Waals surface area contributed by atoms with Crippen molar-refractivity contribution in [2.24, 2.45) is 0 Å². The molecule has 3 N–H and O–H groups in total. The van der Waals surface area contributed by atoms with Gasteiger partial charge < -0.3 is 5.32 Å². The number of anilines is 2. The summed E-state index contributed by atoms with van der Waals surface area (Å²) in [5.74, 6) is -0.863. The van der Waals surface area contributed by atoms with Crippen LogP contribution in [0.25, 0.3) is 0 Å². The summed E-state index contributed by atoms with van der Waals surface area (Å²) in [6.45, 7) is 2.15. The van der Waals surface area contributed by atoms with Gasteiger partial charge in [-0.05, 0) is 36.8 Å². The van der Waals surface area contributed by atoms with E-state index in [2.05, 4.69) is 25.6 Å². The molecule has 0 atom stereocenters. The zero-order chi connectivity index (χ0) is 24.8. The lowest BCUT2D eigenvalue weighted by Gasteiger charge is -2.11. The van der Waals surface area contributed by atoms with Crippen molar-refractivity contribution in [3.8, 4) is 0 Å². The topological polar surface area (TPSA) is 130 Å². The lowest BCUT2D eigenvalue weighted by atomic mass is 10.1. The van der Waals surface area contributed by atoms with E-state index in [9.17, 15) is 18.0 Å². The first-order chi connectivity index (χ1) is 16.8. The normalized spacial score (nSPS) is 11.0. The molecule has 1 heterocycles. The molecule has 0 saturated heterocycles. The van der Waals surface area contributed by atoms with Gasteiger partial charge in [0.2, 0.25) is 5.13 Å². The molecule has 9 nitrogen and oxygen atoms in total. The number of aryl methyl sites for hydroxylation is 1. The Labute approximate surface area is 206 Å². The van der Waals surface area contributed by atoms with Gasteiger partial charge in [-0.15, -0.1) is 10.2 Å². The molecule has 0 radical (unpaired) electrons. The van der Waals surface area contributed by atoms with Crippen LogP contribution in [0.15, 0.2) is 83.2 Å². The number of carbonyl (C=O) groups is 2. The standard InChI is InChI=1S/C24H21N5O4S2/c1-16-8-7-11-18(14-16)21(30)26-23-27-28-24(34-23)35(32,33)29-20-13-6-5-12-19(20)22(31)25-15-17-9-3-2-4-10-17/h2-14,29H,15H2,1H3,(H,25,31)(H,26,27,30). The molecule has 0 bridgehead atoms. The number of nitrogens with one attached hydrogen (secondary N) is 3. The molecule has 0 saturated carbocycles. The molecule has 2 amide bonds. The molecule has 4 rings (SSSR count). The predicted molar refractivity (Wildman–Crippen MR) is 134 cm³/mol. The van der Waals surface area contributed by atoms with Crippen molar-refractivity contribution in [2.45, 2.75) is 17.8 Å². The van der Waals surface area contributed by atoms with Crippen molar-refractivity contribution in [1.29, 1.82) is 0 Å². The smallest absolute Gasteiger partial charge is 0.291 e. The summed E-state index contributed by atoms with van der Waals surface area (Å²) in [5.41, 5.74) is 2.49. The minimum Gasteiger partial charge on any atom is -0.348 e. The summed E-state index contributed by atoms with van der Waals surface area (Å²) in [6, 6.07) is 22.6. The maximum absolute atomic E-state index is 12.9. The minimum absolute atomic E-state index is 0.0331. The monoisotopic (exact) mass is 507 g/mol. The zero-order valence-electron chi connectivity index (χ0n) is 18.6. The third-order valence-electron chi connectivity index (χ3n) is 4.85. The lowest BCUT2D eigenvalue weighted by molar-refractivity contribution is 0.0951. The number of para-hydroxylation sites is 1. The van der Waals surface area contributed by atoms with E-state index < -0.39 is 21.8 Å². The molecule has 3 aromatic carbocycles. The van der Waals surface area contributed by atoms with Gasteiger partial charge in [0, 0.05) is 12.1 Å². The van der Waals surface area contributed by atoms with Gasteiger partial charge >= 0.3 is 0 Å². The summed E-state index contributed by atoms with van der Waals surface area (Å²) in [4.78, 5) is 25.1. The summed E-state index contributed by atoms with van der Waals surface area (Å²) in [7, 11) is -4.16. The van der Waals surface area contributed by atoms with Crippen LogP contribution in [-0.2, 0) is 16.6 Å². The molecule has 0 aliphatic heterocycles. The number of nitrogens with zero attached hydrogens (tertiary/aromatic N) is 2. The third-order valence-corrected chi connectivity index (χ3v) is 7.42. The molecule has 1 aromatic heterocycles. The molecule has 0 aliphatic rings. The van der Waals surface area contributed by atoms with Crippen LogP contribution in [0, 0.1) is 6.92 Å². The highest BCUT2D eigenvalue weighted by Crippen LogP contribution is 2.25. The summed E-state index contributed by atoms with van der Waals surface area (Å²) in [5, 5.41) is 12.8. The number of aromatic nitrogens is 2. The van der Waals surface area contributed by atoms with E-state index >= 15 is 0 Å². The van der Waals surface area contributed by atoms with Gasteiger partial charge in [0.1, 0.15) is 0 Å². The Morgan fingerprint density at radius 3 is 2.40 bits per heavy atom. The molecule has 0 fully saturated rings. The van der Waals surface area contributed by atoms with Gasteiger partial charge in [-0.3, -0.25) is 19.6 Å². The number of carbonyl (C=O) groups excluding carboxylic acids is 2. The van der Waals surface area contributed by atoms with Gasteiger partial charge in [0.05, 0.1) is 11.3 Å². The zero-order valence-corrected chi connectivity index (χ0v) is 20.2. The number of rotatable bonds is 8. The van der Waals surface area contributed by atoms with Crippen LogP contribution in [0.5, 0.6) is 0 Å². The Bertz CT molecular complexity index is 1470. The second kappa shape index (κ2) is 10.5. The molecule has 178 valence electrons. The maximum atomic E-state index is 12.9. The van der Waals surface area contributed by atoms with Gasteiger partial charge in [0.15, 0.2) is 0 Å². The van der Waals surface area contributed by atoms with Gasteiger partial charge in [-0.25, -0.2) is 0 Å². The van der Waals surface area contributed by atoms with Gasteiger partial charge in [-0.2, -0.15) is 8.42 Å². The number of sulfonamides is 1. The van der Waals surface area contributed by atoms with E-state index in [1.165, 1.54) is 12.1 Å². The number of hydrogen-bond donors (Lipinski definition) is 3. The summed E-state index contributed by atoms with van der Waals surface area (Å²) in [6.07, 6.45) is 0. The van der Waals surface area contributed by atoms with E-state index in [1.54, 1.807) is 30.3 Å². The van der Waals surface area contributed by atoms with Crippen molar-refractivity contribution >= 4 is 44.0 Å². The van der Waals surface area contributed by atoms with Crippen LogP contribution >= 0.6 is 11.3 Å².